The molecule has 2 N–H and O–H groups in total. The van der Waals surface area contributed by atoms with Crippen molar-refractivity contribution in [3.05, 3.63) is 34.6 Å². The van der Waals surface area contributed by atoms with Crippen LogP contribution in [0.3, 0.4) is 0 Å². The first-order valence-corrected chi connectivity index (χ1v) is 6.64. The van der Waals surface area contributed by atoms with Gasteiger partial charge in [-0.1, -0.05) is 24.9 Å². The minimum Gasteiger partial charge on any atom is -0.330 e. The van der Waals surface area contributed by atoms with Gasteiger partial charge in [0.1, 0.15) is 5.82 Å². The van der Waals surface area contributed by atoms with Crippen molar-refractivity contribution < 1.29 is 9.18 Å². The van der Waals surface area contributed by atoms with Crippen LogP contribution in [0.15, 0.2) is 18.2 Å². The fourth-order valence-corrected chi connectivity index (χ4v) is 2.13. The van der Waals surface area contributed by atoms with E-state index in [4.69, 9.17) is 17.3 Å². The molecule has 0 saturated heterocycles. The summed E-state index contributed by atoms with van der Waals surface area (Å²) in [6.07, 6.45) is 3.02. The average molecular weight is 272 g/mol. The van der Waals surface area contributed by atoms with Crippen LogP contribution in [-0.4, -0.2) is 12.3 Å². The molecule has 18 heavy (non-hydrogen) atoms. The lowest BCUT2D eigenvalue weighted by Gasteiger charge is -2.12. The summed E-state index contributed by atoms with van der Waals surface area (Å²) in [5, 5.41) is 0.304. The molecule has 0 amide bonds. The second-order valence-corrected chi connectivity index (χ2v) is 4.87. The Balaban J connectivity index is 2.59. The first kappa shape index (κ1) is 15.1. The fourth-order valence-electron chi connectivity index (χ4n) is 1.97. The highest BCUT2D eigenvalue weighted by Crippen LogP contribution is 2.20. The Kier molecular flexibility index (Phi) is 6.30. The number of carbonyl (C=O) groups excluding carboxylic acids is 1. The van der Waals surface area contributed by atoms with E-state index in [0.717, 1.165) is 19.3 Å². The van der Waals surface area contributed by atoms with E-state index < -0.39 is 5.82 Å². The maximum Gasteiger partial charge on any atom is 0.165 e. The van der Waals surface area contributed by atoms with Crippen molar-refractivity contribution >= 4 is 17.4 Å². The Morgan fingerprint density at radius 2 is 2.17 bits per heavy atom. The third kappa shape index (κ3) is 4.39. The maximum absolute atomic E-state index is 13.5. The van der Waals surface area contributed by atoms with E-state index in [1.54, 1.807) is 0 Å². The van der Waals surface area contributed by atoms with Gasteiger partial charge in [0.25, 0.3) is 0 Å². The molecule has 1 rings (SSSR count). The van der Waals surface area contributed by atoms with Crippen molar-refractivity contribution in [3.63, 3.8) is 0 Å². The zero-order chi connectivity index (χ0) is 13.5. The van der Waals surface area contributed by atoms with Gasteiger partial charge in [-0.3, -0.25) is 4.79 Å². The largest absolute Gasteiger partial charge is 0.330 e. The minimum absolute atomic E-state index is 0.127. The quantitative estimate of drug-likeness (QED) is 0.766. The van der Waals surface area contributed by atoms with Crippen molar-refractivity contribution in [2.75, 3.05) is 6.54 Å². The lowest BCUT2D eigenvalue weighted by molar-refractivity contribution is 0.0969. The summed E-state index contributed by atoms with van der Waals surface area (Å²) in [5.41, 5.74) is 5.63. The highest BCUT2D eigenvalue weighted by molar-refractivity contribution is 6.30. The first-order chi connectivity index (χ1) is 8.58. The number of halogens is 2. The van der Waals surface area contributed by atoms with Crippen LogP contribution in [0.4, 0.5) is 4.39 Å². The first-order valence-electron chi connectivity index (χ1n) is 6.26. The van der Waals surface area contributed by atoms with Crippen molar-refractivity contribution in [2.45, 2.75) is 32.6 Å². The molecule has 0 radical (unpaired) electrons. The van der Waals surface area contributed by atoms with Gasteiger partial charge >= 0.3 is 0 Å². The van der Waals surface area contributed by atoms with Crippen LogP contribution < -0.4 is 5.73 Å². The highest BCUT2D eigenvalue weighted by Gasteiger charge is 2.14. The van der Waals surface area contributed by atoms with Crippen LogP contribution in [0.2, 0.25) is 5.02 Å². The molecule has 0 aliphatic carbocycles. The molecule has 0 bridgehead atoms. The van der Waals surface area contributed by atoms with Gasteiger partial charge in [-0.25, -0.2) is 4.39 Å². The molecule has 2 nitrogen and oxygen atoms in total. The molecule has 1 unspecified atom stereocenters. The summed E-state index contributed by atoms with van der Waals surface area (Å²) >= 11 is 5.65. The predicted octanol–water partition coefficient (Wildman–Crippen LogP) is 3.82. The van der Waals surface area contributed by atoms with Crippen molar-refractivity contribution in [2.24, 2.45) is 11.7 Å². The van der Waals surface area contributed by atoms with Gasteiger partial charge in [-0.05, 0) is 43.5 Å². The number of Topliss-reactive ketones (excluding diaryl/α,β-unsaturated/α-hetero) is 1. The van der Waals surface area contributed by atoms with Gasteiger partial charge < -0.3 is 5.73 Å². The molecule has 0 aliphatic heterocycles. The van der Waals surface area contributed by atoms with Gasteiger partial charge in [0.05, 0.1) is 5.56 Å². The molecule has 4 heteroatoms. The smallest absolute Gasteiger partial charge is 0.165 e. The predicted molar refractivity (Wildman–Crippen MR) is 72.4 cm³/mol. The summed E-state index contributed by atoms with van der Waals surface area (Å²) in [7, 11) is 0. The van der Waals surface area contributed by atoms with Gasteiger partial charge in [0, 0.05) is 11.4 Å². The van der Waals surface area contributed by atoms with Crippen LogP contribution in [0.1, 0.15) is 43.0 Å². The van der Waals surface area contributed by atoms with E-state index >= 15 is 0 Å². The number of hydrogen-bond acceptors (Lipinski definition) is 2. The molecule has 1 atom stereocenters. The Labute approximate surface area is 112 Å². The molecule has 0 heterocycles. The van der Waals surface area contributed by atoms with Crippen LogP contribution >= 0.6 is 11.6 Å². The topological polar surface area (TPSA) is 43.1 Å². The SMILES string of the molecule is CCC(CCN)CCC(=O)c1ccc(Cl)cc1F. The fraction of sp³-hybridized carbons (Fsp3) is 0.500. The summed E-state index contributed by atoms with van der Waals surface area (Å²) in [6.45, 7) is 2.70. The van der Waals surface area contributed by atoms with E-state index in [1.165, 1.54) is 18.2 Å². The molecule has 1 aromatic carbocycles. The number of ketones is 1. The number of nitrogens with two attached hydrogens (primary N) is 1. The second kappa shape index (κ2) is 7.49. The van der Waals surface area contributed by atoms with Gasteiger partial charge in [0.2, 0.25) is 0 Å². The molecule has 0 spiro atoms. The average Bonchev–Trinajstić information content (AvgIpc) is 2.34. The molecular formula is C14H19ClFNO. The summed E-state index contributed by atoms with van der Waals surface area (Å²) in [6, 6.07) is 4.16. The Hall–Kier alpha value is -0.930. The number of rotatable bonds is 7. The Bertz CT molecular complexity index is 409. The van der Waals surface area contributed by atoms with E-state index in [0.29, 0.717) is 23.9 Å². The third-order valence-corrected chi connectivity index (χ3v) is 3.40. The van der Waals surface area contributed by atoms with E-state index in [9.17, 15) is 9.18 Å². The van der Waals surface area contributed by atoms with Gasteiger partial charge in [-0.2, -0.15) is 0 Å². The maximum atomic E-state index is 13.5. The standard InChI is InChI=1S/C14H19ClFNO/c1-2-10(7-8-17)3-6-14(18)12-5-4-11(15)9-13(12)16/h4-5,9-10H,2-3,6-8,17H2,1H3. The van der Waals surface area contributed by atoms with Crippen molar-refractivity contribution in [1.29, 1.82) is 0 Å². The molecular weight excluding hydrogens is 253 g/mol. The highest BCUT2D eigenvalue weighted by atomic mass is 35.5. The van der Waals surface area contributed by atoms with Gasteiger partial charge in [-0.15, -0.1) is 0 Å². The monoisotopic (exact) mass is 271 g/mol. The number of hydrogen-bond donors (Lipinski definition) is 1. The number of carbonyl (C=O) groups is 1. The summed E-state index contributed by atoms with van der Waals surface area (Å²) in [5.74, 6) is -0.270. The Morgan fingerprint density at radius 1 is 1.44 bits per heavy atom. The van der Waals surface area contributed by atoms with Crippen molar-refractivity contribution in [3.8, 4) is 0 Å². The normalized spacial score (nSPS) is 12.4. The summed E-state index contributed by atoms with van der Waals surface area (Å²) in [4.78, 5) is 11.9. The zero-order valence-electron chi connectivity index (χ0n) is 10.6. The molecule has 0 aromatic heterocycles. The minimum atomic E-state index is -0.542. The second-order valence-electron chi connectivity index (χ2n) is 4.44. The van der Waals surface area contributed by atoms with Crippen LogP contribution in [0.5, 0.6) is 0 Å². The lowest BCUT2D eigenvalue weighted by atomic mass is 9.94. The number of benzene rings is 1. The zero-order valence-corrected chi connectivity index (χ0v) is 11.3. The molecule has 100 valence electrons. The van der Waals surface area contributed by atoms with Crippen LogP contribution in [0, 0.1) is 11.7 Å². The molecule has 0 aliphatic rings. The van der Waals surface area contributed by atoms with E-state index in [2.05, 4.69) is 6.92 Å². The molecule has 0 fully saturated rings. The Morgan fingerprint density at radius 3 is 2.72 bits per heavy atom. The molecule has 0 saturated carbocycles. The van der Waals surface area contributed by atoms with Crippen molar-refractivity contribution in [1.82, 2.24) is 0 Å². The molecule has 1 aromatic rings. The van der Waals surface area contributed by atoms with Gasteiger partial charge in [0.15, 0.2) is 5.78 Å². The third-order valence-electron chi connectivity index (χ3n) is 3.16. The summed E-state index contributed by atoms with van der Waals surface area (Å²) < 4.78 is 13.5. The van der Waals surface area contributed by atoms with Crippen LogP contribution in [-0.2, 0) is 0 Å². The van der Waals surface area contributed by atoms with E-state index in [1.807, 2.05) is 0 Å². The van der Waals surface area contributed by atoms with Crippen LogP contribution in [0.25, 0.3) is 0 Å². The lowest BCUT2D eigenvalue weighted by Crippen LogP contribution is -2.11. The van der Waals surface area contributed by atoms with E-state index in [-0.39, 0.29) is 11.3 Å².